The molecular formula is C12H20O4S. The number of allylic oxidation sites excluding steroid dienone is 2. The highest BCUT2D eigenvalue weighted by molar-refractivity contribution is 7.89. The lowest BCUT2D eigenvalue weighted by Gasteiger charge is -2.37. The fourth-order valence-electron chi connectivity index (χ4n) is 2.24. The van der Waals surface area contributed by atoms with Crippen molar-refractivity contribution < 1.29 is 18.1 Å². The van der Waals surface area contributed by atoms with E-state index >= 15 is 0 Å². The molecule has 0 aromatic carbocycles. The highest BCUT2D eigenvalue weighted by Gasteiger charge is 2.39. The van der Waals surface area contributed by atoms with Crippen molar-refractivity contribution in [2.24, 2.45) is 5.92 Å². The molecule has 4 nitrogen and oxygen atoms in total. The van der Waals surface area contributed by atoms with Crippen molar-refractivity contribution in [1.82, 2.24) is 0 Å². The Balaban J connectivity index is 3.07. The van der Waals surface area contributed by atoms with E-state index in [4.69, 9.17) is 4.55 Å². The van der Waals surface area contributed by atoms with Crippen molar-refractivity contribution in [3.8, 4) is 0 Å². The van der Waals surface area contributed by atoms with Crippen LogP contribution in [-0.4, -0.2) is 23.7 Å². The Hall–Kier alpha value is -0.650. The number of hydrogen-bond donors (Lipinski definition) is 2. The fourth-order valence-corrected chi connectivity index (χ4v) is 2.88. The molecule has 0 saturated carbocycles. The summed E-state index contributed by atoms with van der Waals surface area (Å²) in [6.07, 6.45) is 4.61. The van der Waals surface area contributed by atoms with Crippen LogP contribution in [0.3, 0.4) is 0 Å². The van der Waals surface area contributed by atoms with Crippen molar-refractivity contribution >= 4 is 10.1 Å². The molecule has 2 N–H and O–H groups in total. The van der Waals surface area contributed by atoms with E-state index in [1.165, 1.54) is 6.08 Å². The first kappa shape index (κ1) is 14.4. The molecule has 1 aliphatic carbocycles. The van der Waals surface area contributed by atoms with Crippen molar-refractivity contribution in [3.63, 3.8) is 0 Å². The maximum absolute atomic E-state index is 11.1. The molecule has 0 saturated heterocycles. The van der Waals surface area contributed by atoms with Crippen LogP contribution in [0.5, 0.6) is 0 Å². The second-order valence-electron chi connectivity index (χ2n) is 4.75. The summed E-state index contributed by atoms with van der Waals surface area (Å²) in [6, 6.07) is 0. The SMILES string of the molecule is CCCC(C)C1(O)CC(S(=O)(=O)O)=CC=C1C. The van der Waals surface area contributed by atoms with Crippen LogP contribution >= 0.6 is 0 Å². The van der Waals surface area contributed by atoms with Crippen LogP contribution in [0.1, 0.15) is 40.0 Å². The van der Waals surface area contributed by atoms with Crippen molar-refractivity contribution in [2.75, 3.05) is 0 Å². The minimum Gasteiger partial charge on any atom is -0.385 e. The van der Waals surface area contributed by atoms with E-state index in [0.717, 1.165) is 18.4 Å². The summed E-state index contributed by atoms with van der Waals surface area (Å²) in [5.41, 5.74) is -0.429. The number of rotatable bonds is 4. The zero-order valence-electron chi connectivity index (χ0n) is 10.5. The third kappa shape index (κ3) is 2.97. The van der Waals surface area contributed by atoms with E-state index < -0.39 is 15.7 Å². The van der Waals surface area contributed by atoms with Gasteiger partial charge < -0.3 is 5.11 Å². The maximum Gasteiger partial charge on any atom is 0.290 e. The molecule has 98 valence electrons. The van der Waals surface area contributed by atoms with Gasteiger partial charge in [-0.15, -0.1) is 0 Å². The van der Waals surface area contributed by atoms with Gasteiger partial charge in [-0.1, -0.05) is 26.3 Å². The normalized spacial score (nSPS) is 27.4. The summed E-state index contributed by atoms with van der Waals surface area (Å²) >= 11 is 0. The highest BCUT2D eigenvalue weighted by atomic mass is 32.2. The van der Waals surface area contributed by atoms with Crippen LogP contribution in [0.4, 0.5) is 0 Å². The summed E-state index contributed by atoms with van der Waals surface area (Å²) < 4.78 is 31.3. The van der Waals surface area contributed by atoms with E-state index in [1.54, 1.807) is 13.0 Å². The zero-order chi connectivity index (χ0) is 13.3. The van der Waals surface area contributed by atoms with E-state index in [-0.39, 0.29) is 17.2 Å². The van der Waals surface area contributed by atoms with E-state index in [2.05, 4.69) is 0 Å². The lowest BCUT2D eigenvalue weighted by Crippen LogP contribution is -2.40. The quantitative estimate of drug-likeness (QED) is 0.760. The average molecular weight is 260 g/mol. The van der Waals surface area contributed by atoms with Crippen molar-refractivity contribution in [1.29, 1.82) is 0 Å². The molecule has 1 aliphatic rings. The molecular weight excluding hydrogens is 240 g/mol. The van der Waals surface area contributed by atoms with Gasteiger partial charge in [0.1, 0.15) is 0 Å². The molecule has 0 radical (unpaired) electrons. The largest absolute Gasteiger partial charge is 0.385 e. The third-order valence-electron chi connectivity index (χ3n) is 3.51. The second-order valence-corrected chi connectivity index (χ2v) is 6.22. The van der Waals surface area contributed by atoms with Gasteiger partial charge in [-0.2, -0.15) is 8.42 Å². The smallest absolute Gasteiger partial charge is 0.290 e. The van der Waals surface area contributed by atoms with Gasteiger partial charge in [0.2, 0.25) is 0 Å². The van der Waals surface area contributed by atoms with Gasteiger partial charge in [-0.3, -0.25) is 4.55 Å². The number of hydrogen-bond acceptors (Lipinski definition) is 3. The Morgan fingerprint density at radius 2 is 2.06 bits per heavy atom. The van der Waals surface area contributed by atoms with Gasteiger partial charge >= 0.3 is 0 Å². The standard InChI is InChI=1S/C12H20O4S/c1-4-5-9(2)12(13)8-11(17(14,15)16)7-6-10(12)3/h6-7,9,13H,4-5,8H2,1-3H3,(H,14,15,16). The van der Waals surface area contributed by atoms with Crippen LogP contribution in [-0.2, 0) is 10.1 Å². The minimum absolute atomic E-state index is 0.0463. The first-order valence-electron chi connectivity index (χ1n) is 5.79. The summed E-state index contributed by atoms with van der Waals surface area (Å²) in [6.45, 7) is 5.69. The van der Waals surface area contributed by atoms with Crippen molar-refractivity contribution in [2.45, 2.75) is 45.6 Å². The lowest BCUT2D eigenvalue weighted by atomic mass is 9.76. The minimum atomic E-state index is -4.21. The molecule has 0 aromatic rings. The molecule has 0 aliphatic heterocycles. The summed E-state index contributed by atoms with van der Waals surface area (Å²) in [5.74, 6) is -0.0470. The van der Waals surface area contributed by atoms with Crippen LogP contribution < -0.4 is 0 Å². The Morgan fingerprint density at radius 3 is 2.53 bits per heavy atom. The summed E-state index contributed by atoms with van der Waals surface area (Å²) in [4.78, 5) is -0.117. The lowest BCUT2D eigenvalue weighted by molar-refractivity contribution is 0.0203. The first-order chi connectivity index (χ1) is 7.71. The summed E-state index contributed by atoms with van der Waals surface area (Å²) in [5, 5.41) is 10.6. The predicted molar refractivity (Wildman–Crippen MR) is 67.0 cm³/mol. The van der Waals surface area contributed by atoms with Gasteiger partial charge in [0.05, 0.1) is 10.5 Å². The molecule has 5 heteroatoms. The molecule has 0 bridgehead atoms. The van der Waals surface area contributed by atoms with Crippen LogP contribution in [0.15, 0.2) is 22.6 Å². The fraction of sp³-hybridized carbons (Fsp3) is 0.667. The van der Waals surface area contributed by atoms with E-state index in [1.807, 2.05) is 13.8 Å². The third-order valence-corrected chi connectivity index (χ3v) is 4.46. The average Bonchev–Trinajstić information content (AvgIpc) is 2.21. The molecule has 0 aromatic heterocycles. The molecule has 0 fully saturated rings. The van der Waals surface area contributed by atoms with Gasteiger partial charge in [0, 0.05) is 6.42 Å². The Kier molecular flexibility index (Phi) is 4.17. The Morgan fingerprint density at radius 1 is 1.47 bits per heavy atom. The monoisotopic (exact) mass is 260 g/mol. The first-order valence-corrected chi connectivity index (χ1v) is 7.23. The van der Waals surface area contributed by atoms with E-state index in [9.17, 15) is 13.5 Å². The van der Waals surface area contributed by atoms with Gasteiger partial charge in [0.15, 0.2) is 0 Å². The van der Waals surface area contributed by atoms with Crippen LogP contribution in [0.2, 0.25) is 0 Å². The molecule has 2 atom stereocenters. The van der Waals surface area contributed by atoms with Gasteiger partial charge in [-0.25, -0.2) is 0 Å². The molecule has 0 amide bonds. The molecule has 1 rings (SSSR count). The van der Waals surface area contributed by atoms with Crippen molar-refractivity contribution in [3.05, 3.63) is 22.6 Å². The zero-order valence-corrected chi connectivity index (χ0v) is 11.3. The summed E-state index contributed by atoms with van der Waals surface area (Å²) in [7, 11) is -4.21. The topological polar surface area (TPSA) is 74.6 Å². The van der Waals surface area contributed by atoms with Gasteiger partial charge in [-0.05, 0) is 30.9 Å². The molecule has 17 heavy (non-hydrogen) atoms. The molecule has 0 spiro atoms. The van der Waals surface area contributed by atoms with Gasteiger partial charge in [0.25, 0.3) is 10.1 Å². The van der Waals surface area contributed by atoms with E-state index in [0.29, 0.717) is 0 Å². The maximum atomic E-state index is 11.1. The molecule has 2 unspecified atom stereocenters. The Bertz CT molecular complexity index is 447. The molecule has 0 heterocycles. The predicted octanol–water partition coefficient (Wildman–Crippen LogP) is 2.28. The second kappa shape index (κ2) is 4.92. The van der Waals surface area contributed by atoms with Crippen LogP contribution in [0.25, 0.3) is 0 Å². The van der Waals surface area contributed by atoms with Crippen LogP contribution in [0, 0.1) is 5.92 Å². The highest BCUT2D eigenvalue weighted by Crippen LogP contribution is 2.38. The number of aliphatic hydroxyl groups is 1. The Labute approximate surface area is 103 Å².